The monoisotopic (exact) mass is 429 g/mol. The molecule has 1 aromatic rings. The molecule has 0 saturated carbocycles. The Morgan fingerprint density at radius 1 is 1.23 bits per heavy atom. The minimum Gasteiger partial charge on any atom is -0.497 e. The molecule has 3 amide bonds. The molecule has 0 radical (unpaired) electrons. The molecule has 0 aromatic heterocycles. The van der Waals surface area contributed by atoms with E-state index in [1.807, 2.05) is 31.2 Å². The summed E-state index contributed by atoms with van der Waals surface area (Å²) in [6, 6.07) is 6.70. The van der Waals surface area contributed by atoms with Crippen molar-refractivity contribution in [2.24, 2.45) is 5.92 Å². The number of hydrogen-bond donors (Lipinski definition) is 2. The molecule has 7 nitrogen and oxygen atoms in total. The fraction of sp³-hybridized carbons (Fsp3) is 0.542. The second-order valence-electron chi connectivity index (χ2n) is 8.10. The fourth-order valence-corrected chi connectivity index (χ4v) is 3.62. The first-order valence-electron chi connectivity index (χ1n) is 11.1. The first-order chi connectivity index (χ1) is 14.8. The van der Waals surface area contributed by atoms with E-state index in [-0.39, 0.29) is 29.7 Å². The van der Waals surface area contributed by atoms with Crippen molar-refractivity contribution >= 4 is 23.8 Å². The molecule has 2 rings (SSSR count). The van der Waals surface area contributed by atoms with Crippen LogP contribution in [0.2, 0.25) is 0 Å². The van der Waals surface area contributed by atoms with Crippen LogP contribution in [0.3, 0.4) is 0 Å². The third-order valence-electron chi connectivity index (χ3n) is 5.64. The van der Waals surface area contributed by atoms with Crippen LogP contribution in [-0.2, 0) is 14.4 Å². The van der Waals surface area contributed by atoms with E-state index >= 15 is 0 Å². The summed E-state index contributed by atoms with van der Waals surface area (Å²) in [6.07, 6.45) is 6.62. The second kappa shape index (κ2) is 12.1. The Kier molecular flexibility index (Phi) is 9.56. The van der Waals surface area contributed by atoms with Gasteiger partial charge in [-0.05, 0) is 56.9 Å². The molecule has 1 aliphatic rings. The molecule has 1 aromatic carbocycles. The van der Waals surface area contributed by atoms with Gasteiger partial charge in [-0.15, -0.1) is 0 Å². The Morgan fingerprint density at radius 3 is 2.58 bits per heavy atom. The van der Waals surface area contributed by atoms with Crippen LogP contribution in [0.5, 0.6) is 5.75 Å². The van der Waals surface area contributed by atoms with Crippen molar-refractivity contribution in [3.8, 4) is 5.75 Å². The molecule has 2 N–H and O–H groups in total. The summed E-state index contributed by atoms with van der Waals surface area (Å²) in [5, 5.41) is 5.70. The quantitative estimate of drug-likeness (QED) is 0.467. The Balaban J connectivity index is 1.90. The van der Waals surface area contributed by atoms with Crippen molar-refractivity contribution in [3.05, 3.63) is 35.9 Å². The van der Waals surface area contributed by atoms with Crippen molar-refractivity contribution in [1.82, 2.24) is 15.5 Å². The maximum Gasteiger partial charge on any atom is 0.245 e. The largest absolute Gasteiger partial charge is 0.497 e. The zero-order valence-corrected chi connectivity index (χ0v) is 19.0. The number of ether oxygens (including phenoxy) is 1. The molecular formula is C24H35N3O4. The smallest absolute Gasteiger partial charge is 0.245 e. The lowest BCUT2D eigenvalue weighted by molar-refractivity contribution is -0.141. The topological polar surface area (TPSA) is 87.7 Å². The number of piperidine rings is 1. The van der Waals surface area contributed by atoms with Crippen LogP contribution in [0, 0.1) is 5.92 Å². The van der Waals surface area contributed by atoms with Crippen molar-refractivity contribution in [3.63, 3.8) is 0 Å². The standard InChI is InChI=1S/C24H35N3O4/c1-5-6-15-25-23(29)20-11-7-17(2)27(16-20)24(30)18(3)26-22(28)14-10-19-8-12-21(31-4)13-9-19/h8-10,12-14,17-18,20H,5-7,11,15-16H2,1-4H3,(H,25,29)(H,26,28). The Bertz CT molecular complexity index is 776. The predicted octanol–water partition coefficient (Wildman–Crippen LogP) is 2.76. The highest BCUT2D eigenvalue weighted by Gasteiger charge is 2.34. The Hall–Kier alpha value is -2.83. The van der Waals surface area contributed by atoms with E-state index in [2.05, 4.69) is 17.6 Å². The molecule has 3 atom stereocenters. The number of likely N-dealkylation sites (tertiary alicyclic amines) is 1. The van der Waals surface area contributed by atoms with E-state index in [9.17, 15) is 14.4 Å². The molecule has 0 spiro atoms. The summed E-state index contributed by atoms with van der Waals surface area (Å²) in [6.45, 7) is 6.80. The summed E-state index contributed by atoms with van der Waals surface area (Å²) < 4.78 is 5.12. The number of benzene rings is 1. The number of carbonyl (C=O) groups is 3. The van der Waals surface area contributed by atoms with Gasteiger partial charge in [0.05, 0.1) is 13.0 Å². The van der Waals surface area contributed by atoms with E-state index in [1.165, 1.54) is 6.08 Å². The minimum absolute atomic E-state index is 0.0114. The van der Waals surface area contributed by atoms with Gasteiger partial charge >= 0.3 is 0 Å². The van der Waals surface area contributed by atoms with Gasteiger partial charge in [-0.25, -0.2) is 0 Å². The van der Waals surface area contributed by atoms with E-state index < -0.39 is 6.04 Å². The molecule has 1 fully saturated rings. The number of nitrogens with one attached hydrogen (secondary N) is 2. The van der Waals surface area contributed by atoms with Gasteiger partial charge in [-0.1, -0.05) is 25.5 Å². The van der Waals surface area contributed by atoms with Crippen LogP contribution in [0.4, 0.5) is 0 Å². The SMILES string of the molecule is CCCCNC(=O)C1CCC(C)N(C(=O)C(C)NC(=O)C=Cc2ccc(OC)cc2)C1. The average molecular weight is 430 g/mol. The van der Waals surface area contributed by atoms with E-state index in [1.54, 1.807) is 25.0 Å². The average Bonchev–Trinajstić information content (AvgIpc) is 2.77. The molecule has 3 unspecified atom stereocenters. The number of unbranched alkanes of at least 4 members (excludes halogenated alkanes) is 1. The van der Waals surface area contributed by atoms with E-state index in [0.717, 1.165) is 37.0 Å². The lowest BCUT2D eigenvalue weighted by atomic mass is 9.92. The maximum atomic E-state index is 13.0. The molecule has 31 heavy (non-hydrogen) atoms. The first kappa shape index (κ1) is 24.4. The number of amides is 3. The van der Waals surface area contributed by atoms with Crippen molar-refractivity contribution < 1.29 is 19.1 Å². The predicted molar refractivity (Wildman–Crippen MR) is 121 cm³/mol. The van der Waals surface area contributed by atoms with Gasteiger partial charge in [0.2, 0.25) is 17.7 Å². The van der Waals surface area contributed by atoms with Gasteiger partial charge in [0.15, 0.2) is 0 Å². The first-order valence-corrected chi connectivity index (χ1v) is 11.1. The summed E-state index contributed by atoms with van der Waals surface area (Å²) in [7, 11) is 1.60. The Morgan fingerprint density at radius 2 is 1.94 bits per heavy atom. The van der Waals surface area contributed by atoms with Gasteiger partial charge in [-0.3, -0.25) is 14.4 Å². The van der Waals surface area contributed by atoms with Crippen LogP contribution < -0.4 is 15.4 Å². The van der Waals surface area contributed by atoms with Crippen LogP contribution >= 0.6 is 0 Å². The highest BCUT2D eigenvalue weighted by molar-refractivity contribution is 5.95. The third-order valence-corrected chi connectivity index (χ3v) is 5.64. The number of carbonyl (C=O) groups excluding carboxylic acids is 3. The lowest BCUT2D eigenvalue weighted by Crippen LogP contribution is -2.54. The zero-order chi connectivity index (χ0) is 22.8. The maximum absolute atomic E-state index is 13.0. The summed E-state index contributed by atoms with van der Waals surface area (Å²) in [5.41, 5.74) is 0.858. The third kappa shape index (κ3) is 7.42. The summed E-state index contributed by atoms with van der Waals surface area (Å²) in [5.74, 6) is 0.0564. The summed E-state index contributed by atoms with van der Waals surface area (Å²) >= 11 is 0. The number of hydrogen-bond acceptors (Lipinski definition) is 4. The molecule has 1 saturated heterocycles. The molecule has 7 heteroatoms. The number of nitrogens with zero attached hydrogens (tertiary/aromatic N) is 1. The highest BCUT2D eigenvalue weighted by atomic mass is 16.5. The lowest BCUT2D eigenvalue weighted by Gasteiger charge is -2.38. The zero-order valence-electron chi connectivity index (χ0n) is 19.0. The van der Waals surface area contributed by atoms with Crippen LogP contribution in [0.15, 0.2) is 30.3 Å². The van der Waals surface area contributed by atoms with Gasteiger partial charge in [0.1, 0.15) is 11.8 Å². The normalized spacial score (nSPS) is 19.7. The van der Waals surface area contributed by atoms with Crippen molar-refractivity contribution in [2.75, 3.05) is 20.2 Å². The molecule has 0 aliphatic carbocycles. The molecule has 1 heterocycles. The molecule has 1 aliphatic heterocycles. The second-order valence-corrected chi connectivity index (χ2v) is 8.10. The van der Waals surface area contributed by atoms with E-state index in [0.29, 0.717) is 13.1 Å². The molecule has 0 bridgehead atoms. The van der Waals surface area contributed by atoms with Crippen molar-refractivity contribution in [2.45, 2.75) is 58.5 Å². The van der Waals surface area contributed by atoms with E-state index in [4.69, 9.17) is 4.74 Å². The highest BCUT2D eigenvalue weighted by Crippen LogP contribution is 2.23. The van der Waals surface area contributed by atoms with Gasteiger partial charge in [0.25, 0.3) is 0 Å². The fourth-order valence-electron chi connectivity index (χ4n) is 3.62. The molecule has 170 valence electrons. The van der Waals surface area contributed by atoms with Gasteiger partial charge < -0.3 is 20.3 Å². The van der Waals surface area contributed by atoms with Crippen LogP contribution in [-0.4, -0.2) is 54.9 Å². The number of rotatable bonds is 9. The van der Waals surface area contributed by atoms with Crippen molar-refractivity contribution in [1.29, 1.82) is 0 Å². The van der Waals surface area contributed by atoms with Crippen LogP contribution in [0.1, 0.15) is 52.0 Å². The molecular weight excluding hydrogens is 394 g/mol. The van der Waals surface area contributed by atoms with Gasteiger partial charge in [0, 0.05) is 25.2 Å². The minimum atomic E-state index is -0.669. The Labute approximate surface area is 185 Å². The van der Waals surface area contributed by atoms with Crippen LogP contribution in [0.25, 0.3) is 6.08 Å². The van der Waals surface area contributed by atoms with Gasteiger partial charge in [-0.2, -0.15) is 0 Å². The summed E-state index contributed by atoms with van der Waals surface area (Å²) in [4.78, 5) is 39.4. The number of methoxy groups -OCH3 is 1.